The molecule has 0 aromatic rings. The van der Waals surface area contributed by atoms with Crippen LogP contribution in [0.5, 0.6) is 0 Å². The van der Waals surface area contributed by atoms with E-state index in [1.54, 1.807) is 20.8 Å². The minimum Gasteiger partial charge on any atom is -0.352 e. The summed E-state index contributed by atoms with van der Waals surface area (Å²) >= 11 is 0. The van der Waals surface area contributed by atoms with Crippen LogP contribution in [-0.4, -0.2) is 65.7 Å². The topological polar surface area (TPSA) is 151 Å². The summed E-state index contributed by atoms with van der Waals surface area (Å²) < 4.78 is 0. The quantitative estimate of drug-likeness (QED) is 0.201. The Morgan fingerprint density at radius 2 is 1.89 bits per heavy atom. The van der Waals surface area contributed by atoms with Gasteiger partial charge in [0.05, 0.1) is 6.04 Å². The molecule has 1 aliphatic carbocycles. The van der Waals surface area contributed by atoms with Gasteiger partial charge in [0.25, 0.3) is 5.91 Å². The number of rotatable bonds is 10. The van der Waals surface area contributed by atoms with E-state index in [0.29, 0.717) is 6.54 Å². The zero-order valence-corrected chi connectivity index (χ0v) is 20.8. The van der Waals surface area contributed by atoms with Gasteiger partial charge >= 0.3 is 6.03 Å². The fourth-order valence-electron chi connectivity index (χ4n) is 4.99. The molecule has 2 rings (SSSR count). The van der Waals surface area contributed by atoms with Crippen molar-refractivity contribution >= 4 is 29.5 Å². The maximum Gasteiger partial charge on any atom is 0.312 e. The summed E-state index contributed by atoms with van der Waals surface area (Å²) in [5, 5.41) is 7.63. The molecule has 1 saturated carbocycles. The molecular formula is C25H37N5O5. The molecule has 0 spiro atoms. The van der Waals surface area contributed by atoms with Gasteiger partial charge in [-0.3, -0.25) is 19.2 Å². The number of carbonyl (C=O) groups is 5. The SMILES string of the molecule is C#CCCC(NC(=O)[C@@H]1[C@H]2CCC[C@H]2CN1C(=O)[C@@H](NC(N)=O)C(C)(C)C)C(=O)C(=O)NCC=C. The maximum absolute atomic E-state index is 13.6. The predicted molar refractivity (Wildman–Crippen MR) is 131 cm³/mol. The van der Waals surface area contributed by atoms with Gasteiger partial charge in [-0.05, 0) is 36.5 Å². The molecule has 0 radical (unpaired) electrons. The number of urea groups is 1. The first kappa shape index (κ1) is 27.9. The summed E-state index contributed by atoms with van der Waals surface area (Å²) in [7, 11) is 0. The highest BCUT2D eigenvalue weighted by Crippen LogP contribution is 2.43. The molecule has 1 saturated heterocycles. The number of Topliss-reactive ketones (excluding diaryl/α,β-unsaturated/α-hetero) is 1. The van der Waals surface area contributed by atoms with Gasteiger partial charge in [0.15, 0.2) is 0 Å². The fraction of sp³-hybridized carbons (Fsp3) is 0.640. The summed E-state index contributed by atoms with van der Waals surface area (Å²) in [6, 6.07) is -3.71. The Kier molecular flexibility index (Phi) is 9.46. The van der Waals surface area contributed by atoms with E-state index < -0.39 is 53.1 Å². The van der Waals surface area contributed by atoms with Crippen LogP contribution in [0.25, 0.3) is 0 Å². The predicted octanol–water partition coefficient (Wildman–Crippen LogP) is 0.466. The number of hydrogen-bond donors (Lipinski definition) is 4. The molecule has 10 heteroatoms. The molecule has 0 bridgehead atoms. The van der Waals surface area contributed by atoms with Crippen LogP contribution in [0.3, 0.4) is 0 Å². The van der Waals surface area contributed by atoms with Crippen LogP contribution in [0, 0.1) is 29.6 Å². The second-order valence-corrected chi connectivity index (χ2v) is 10.3. The van der Waals surface area contributed by atoms with Crippen LogP contribution in [0.2, 0.25) is 0 Å². The second kappa shape index (κ2) is 11.9. The first-order valence-corrected chi connectivity index (χ1v) is 12.0. The summed E-state index contributed by atoms with van der Waals surface area (Å²) in [5.74, 6) is -0.0770. The van der Waals surface area contributed by atoms with Gasteiger partial charge in [0.2, 0.25) is 17.6 Å². The molecule has 35 heavy (non-hydrogen) atoms. The van der Waals surface area contributed by atoms with E-state index in [1.165, 1.54) is 11.0 Å². The number of nitrogens with one attached hydrogen (secondary N) is 3. The minimum absolute atomic E-state index is 0.0777. The third-order valence-electron chi connectivity index (χ3n) is 6.68. The summed E-state index contributed by atoms with van der Waals surface area (Å²) in [6.07, 6.45) is 9.63. The van der Waals surface area contributed by atoms with E-state index in [-0.39, 0.29) is 31.2 Å². The van der Waals surface area contributed by atoms with Gasteiger partial charge in [-0.25, -0.2) is 4.79 Å². The van der Waals surface area contributed by atoms with Crippen molar-refractivity contribution in [3.8, 4) is 12.3 Å². The van der Waals surface area contributed by atoms with E-state index in [9.17, 15) is 24.0 Å². The van der Waals surface area contributed by atoms with Crippen molar-refractivity contribution in [3.63, 3.8) is 0 Å². The van der Waals surface area contributed by atoms with Gasteiger partial charge in [0.1, 0.15) is 12.1 Å². The van der Waals surface area contributed by atoms with Crippen LogP contribution in [0.4, 0.5) is 4.79 Å². The molecule has 2 fully saturated rings. The first-order valence-electron chi connectivity index (χ1n) is 12.0. The monoisotopic (exact) mass is 487 g/mol. The molecule has 0 aromatic heterocycles. The molecule has 1 aliphatic heterocycles. The van der Waals surface area contributed by atoms with Gasteiger partial charge in [-0.1, -0.05) is 33.3 Å². The molecule has 5 amide bonds. The van der Waals surface area contributed by atoms with Crippen LogP contribution in [-0.2, 0) is 19.2 Å². The van der Waals surface area contributed by atoms with Crippen LogP contribution in [0.15, 0.2) is 12.7 Å². The van der Waals surface area contributed by atoms with Crippen molar-refractivity contribution in [2.75, 3.05) is 13.1 Å². The lowest BCUT2D eigenvalue weighted by Crippen LogP contribution is -2.60. The highest BCUT2D eigenvalue weighted by atomic mass is 16.2. The lowest BCUT2D eigenvalue weighted by molar-refractivity contribution is -0.144. The largest absolute Gasteiger partial charge is 0.352 e. The molecular weight excluding hydrogens is 450 g/mol. The van der Waals surface area contributed by atoms with E-state index in [0.717, 1.165) is 19.3 Å². The first-order chi connectivity index (χ1) is 16.4. The molecule has 5 N–H and O–H groups in total. The average Bonchev–Trinajstić information content (AvgIpc) is 3.38. The lowest BCUT2D eigenvalue weighted by Gasteiger charge is -2.36. The summed E-state index contributed by atoms with van der Waals surface area (Å²) in [5.41, 5.74) is 4.67. The van der Waals surface area contributed by atoms with Crippen molar-refractivity contribution in [3.05, 3.63) is 12.7 Å². The summed E-state index contributed by atoms with van der Waals surface area (Å²) in [4.78, 5) is 65.2. The smallest absolute Gasteiger partial charge is 0.312 e. The number of fused-ring (bicyclic) bond motifs is 1. The van der Waals surface area contributed by atoms with Gasteiger partial charge in [-0.2, -0.15) is 0 Å². The van der Waals surface area contributed by atoms with Crippen LogP contribution >= 0.6 is 0 Å². The number of hydrogen-bond acceptors (Lipinski definition) is 5. The van der Waals surface area contributed by atoms with E-state index in [2.05, 4.69) is 28.4 Å². The number of ketones is 1. The number of carbonyl (C=O) groups excluding carboxylic acids is 5. The fourth-order valence-corrected chi connectivity index (χ4v) is 4.99. The zero-order valence-electron chi connectivity index (χ0n) is 20.8. The molecule has 1 unspecified atom stereocenters. The Bertz CT molecular complexity index is 903. The van der Waals surface area contributed by atoms with Crippen LogP contribution < -0.4 is 21.7 Å². The molecule has 1 heterocycles. The van der Waals surface area contributed by atoms with Crippen molar-refractivity contribution < 1.29 is 24.0 Å². The van der Waals surface area contributed by atoms with Crippen molar-refractivity contribution in [1.29, 1.82) is 0 Å². The maximum atomic E-state index is 13.6. The van der Waals surface area contributed by atoms with Crippen molar-refractivity contribution in [2.24, 2.45) is 23.0 Å². The Balaban J connectivity index is 2.30. The number of likely N-dealkylation sites (tertiary alicyclic amines) is 1. The Morgan fingerprint density at radius 3 is 2.46 bits per heavy atom. The van der Waals surface area contributed by atoms with E-state index in [4.69, 9.17) is 12.2 Å². The van der Waals surface area contributed by atoms with E-state index in [1.807, 2.05) is 0 Å². The Morgan fingerprint density at radius 1 is 1.20 bits per heavy atom. The summed E-state index contributed by atoms with van der Waals surface area (Å²) in [6.45, 7) is 9.38. The average molecular weight is 488 g/mol. The van der Waals surface area contributed by atoms with Gasteiger partial charge in [-0.15, -0.1) is 18.9 Å². The number of nitrogens with zero attached hydrogens (tertiary/aromatic N) is 1. The standard InChI is InChI=1S/C25H37N5O5/c1-6-8-12-17(19(31)22(33)27-13-7-2)28-21(32)18-16-11-9-10-15(16)14-30(18)23(34)20(25(3,4)5)29-24(26)35/h1,7,15-18,20H,2,8-14H2,3-5H3,(H,27,33)(H,28,32)(H3,26,29,35)/t15-,16-,17?,18-,20+/m0/s1. The van der Waals surface area contributed by atoms with Crippen LogP contribution in [0.1, 0.15) is 52.9 Å². The molecule has 192 valence electrons. The number of terminal acetylenes is 1. The Labute approximate surface area is 206 Å². The minimum atomic E-state index is -1.12. The normalized spacial score (nSPS) is 22.8. The van der Waals surface area contributed by atoms with Crippen molar-refractivity contribution in [2.45, 2.75) is 71.0 Å². The highest BCUT2D eigenvalue weighted by molar-refractivity contribution is 6.38. The molecule has 10 nitrogen and oxygen atoms in total. The van der Waals surface area contributed by atoms with E-state index >= 15 is 0 Å². The Hall–Kier alpha value is -3.35. The molecule has 2 aliphatic rings. The second-order valence-electron chi connectivity index (χ2n) is 10.3. The third-order valence-corrected chi connectivity index (χ3v) is 6.68. The lowest BCUT2D eigenvalue weighted by atomic mass is 9.85. The van der Waals surface area contributed by atoms with Crippen molar-refractivity contribution in [1.82, 2.24) is 20.9 Å². The number of nitrogens with two attached hydrogens (primary N) is 1. The molecule has 0 aromatic carbocycles. The highest BCUT2D eigenvalue weighted by Gasteiger charge is 2.52. The molecule has 5 atom stereocenters. The number of primary amides is 1. The number of amides is 5. The zero-order chi connectivity index (χ0) is 26.3. The van der Waals surface area contributed by atoms with Gasteiger partial charge in [0, 0.05) is 19.5 Å². The van der Waals surface area contributed by atoms with Gasteiger partial charge < -0.3 is 26.6 Å². The third kappa shape index (κ3) is 6.84.